The van der Waals surface area contributed by atoms with Gasteiger partial charge in [0.2, 0.25) is 5.89 Å². The monoisotopic (exact) mass is 557 g/mol. The van der Waals surface area contributed by atoms with Gasteiger partial charge in [-0.3, -0.25) is 9.59 Å². The number of aromatic nitrogens is 1. The molecule has 11 heteroatoms. The van der Waals surface area contributed by atoms with Crippen molar-refractivity contribution in [3.05, 3.63) is 35.1 Å². The Kier molecular flexibility index (Phi) is 9.50. The Hall–Kier alpha value is -2.50. The number of alkyl halides is 3. The molecule has 0 saturated heterocycles. The highest BCUT2D eigenvalue weighted by Crippen LogP contribution is 2.51. The molecule has 8 nitrogen and oxygen atoms in total. The predicted molar refractivity (Wildman–Crippen MR) is 135 cm³/mol. The number of ether oxygens (including phenoxy) is 1. The van der Waals surface area contributed by atoms with Gasteiger partial charge in [0, 0.05) is 17.9 Å². The van der Waals surface area contributed by atoms with Crippen LogP contribution in [0.1, 0.15) is 71.9 Å². The lowest BCUT2D eigenvalue weighted by molar-refractivity contribution is -0.154. The lowest BCUT2D eigenvalue weighted by Gasteiger charge is -2.34. The van der Waals surface area contributed by atoms with E-state index in [0.29, 0.717) is 12.0 Å². The van der Waals surface area contributed by atoms with Crippen LogP contribution in [0.15, 0.2) is 27.9 Å². The zero-order valence-electron chi connectivity index (χ0n) is 22.9. The summed E-state index contributed by atoms with van der Waals surface area (Å²) >= 11 is 0. The number of carbonyl (C=O) groups is 2. The molecule has 7 atom stereocenters. The normalized spacial score (nSPS) is 34.6. The van der Waals surface area contributed by atoms with Gasteiger partial charge in [-0.2, -0.15) is 13.2 Å². The SMILES string of the molecule is CC(=Cc1coc(CO)n1)[C@H]1C/C=C(/C(F)(F)F)CC2CC2[C@H](C)[C@@H](O)[C@@H](C)C(=O)C(C)(C)[C@@H](O)CC(=O)O1. The molecule has 0 spiro atoms. The molecule has 0 amide bonds. The Morgan fingerprint density at radius 1 is 1.21 bits per heavy atom. The van der Waals surface area contributed by atoms with Crippen LogP contribution in [0.4, 0.5) is 13.2 Å². The summed E-state index contributed by atoms with van der Waals surface area (Å²) in [5.41, 5.74) is -1.47. The van der Waals surface area contributed by atoms with Crippen LogP contribution in [0.3, 0.4) is 0 Å². The van der Waals surface area contributed by atoms with Crippen molar-refractivity contribution in [3.63, 3.8) is 0 Å². The summed E-state index contributed by atoms with van der Waals surface area (Å²) in [6.07, 6.45) is -5.09. The summed E-state index contributed by atoms with van der Waals surface area (Å²) < 4.78 is 52.5. The van der Waals surface area contributed by atoms with E-state index < -0.39 is 72.1 Å². The van der Waals surface area contributed by atoms with Crippen molar-refractivity contribution in [1.29, 1.82) is 0 Å². The highest BCUT2D eigenvalue weighted by atomic mass is 19.4. The molecule has 0 aromatic carbocycles. The van der Waals surface area contributed by atoms with Crippen LogP contribution >= 0.6 is 0 Å². The number of Topliss-reactive ketones (excluding diaryl/α,β-unsaturated/α-hetero) is 1. The van der Waals surface area contributed by atoms with Crippen molar-refractivity contribution in [2.24, 2.45) is 29.1 Å². The molecule has 1 aliphatic heterocycles. The summed E-state index contributed by atoms with van der Waals surface area (Å²) in [5, 5.41) is 30.9. The maximum atomic E-state index is 14.0. The number of fused-ring (bicyclic) bond motifs is 1. The minimum absolute atomic E-state index is 0.0471. The number of rotatable bonds is 3. The van der Waals surface area contributed by atoms with E-state index in [9.17, 15) is 33.0 Å². The summed E-state index contributed by atoms with van der Waals surface area (Å²) in [7, 11) is 0. The molecule has 39 heavy (non-hydrogen) atoms. The third kappa shape index (κ3) is 7.37. The lowest BCUT2D eigenvalue weighted by Crippen LogP contribution is -2.46. The fraction of sp³-hybridized carbons (Fsp3) is 0.679. The second-order valence-electron chi connectivity index (χ2n) is 11.5. The molecule has 0 bridgehead atoms. The summed E-state index contributed by atoms with van der Waals surface area (Å²) in [6, 6.07) is 0. The number of halogens is 3. The number of hydrogen-bond donors (Lipinski definition) is 3. The van der Waals surface area contributed by atoms with E-state index in [1.807, 2.05) is 0 Å². The Morgan fingerprint density at radius 2 is 1.87 bits per heavy atom. The molecule has 2 unspecified atom stereocenters. The summed E-state index contributed by atoms with van der Waals surface area (Å²) in [5.74, 6) is -3.08. The number of ketones is 1. The molecule has 1 aromatic heterocycles. The van der Waals surface area contributed by atoms with Crippen molar-refractivity contribution >= 4 is 17.8 Å². The highest BCUT2D eigenvalue weighted by Gasteiger charge is 2.49. The maximum absolute atomic E-state index is 14.0. The third-order valence-corrected chi connectivity index (χ3v) is 8.23. The van der Waals surface area contributed by atoms with Gasteiger partial charge < -0.3 is 24.5 Å². The van der Waals surface area contributed by atoms with Crippen LogP contribution in [-0.2, 0) is 20.9 Å². The topological polar surface area (TPSA) is 130 Å². The first-order valence-corrected chi connectivity index (χ1v) is 13.2. The van der Waals surface area contributed by atoms with Gasteiger partial charge in [-0.05, 0) is 49.2 Å². The minimum atomic E-state index is -4.60. The van der Waals surface area contributed by atoms with Crippen molar-refractivity contribution in [2.45, 2.75) is 91.4 Å². The minimum Gasteiger partial charge on any atom is -0.457 e. The molecule has 1 aromatic rings. The van der Waals surface area contributed by atoms with Crippen molar-refractivity contribution in [3.8, 4) is 0 Å². The van der Waals surface area contributed by atoms with Gasteiger partial charge >= 0.3 is 12.1 Å². The highest BCUT2D eigenvalue weighted by molar-refractivity contribution is 5.88. The second-order valence-corrected chi connectivity index (χ2v) is 11.5. The van der Waals surface area contributed by atoms with Gasteiger partial charge in [-0.1, -0.05) is 33.8 Å². The van der Waals surface area contributed by atoms with E-state index in [-0.39, 0.29) is 36.3 Å². The van der Waals surface area contributed by atoms with E-state index in [0.717, 1.165) is 6.08 Å². The van der Waals surface area contributed by atoms with E-state index in [1.165, 1.54) is 33.1 Å². The van der Waals surface area contributed by atoms with Gasteiger partial charge in [-0.15, -0.1) is 0 Å². The van der Waals surface area contributed by atoms with E-state index in [1.54, 1.807) is 13.8 Å². The predicted octanol–water partition coefficient (Wildman–Crippen LogP) is 4.38. The largest absolute Gasteiger partial charge is 0.457 e. The fourth-order valence-electron chi connectivity index (χ4n) is 5.35. The third-order valence-electron chi connectivity index (χ3n) is 8.23. The number of allylic oxidation sites excluding steroid dienone is 1. The van der Waals surface area contributed by atoms with Crippen LogP contribution in [0.2, 0.25) is 0 Å². The van der Waals surface area contributed by atoms with Crippen molar-refractivity contribution in [1.82, 2.24) is 4.98 Å². The Bertz CT molecular complexity index is 1110. The van der Waals surface area contributed by atoms with Gasteiger partial charge in [-0.25, -0.2) is 4.98 Å². The van der Waals surface area contributed by atoms with Gasteiger partial charge in [0.15, 0.2) is 0 Å². The standard InChI is InChI=1S/C28H38F3NO7/c1-14(8-19-13-38-23(12-33)32-19)21-7-6-18(28(29,30)31)9-17-10-20(17)15(2)25(36)16(3)26(37)27(4,5)22(34)11-24(35)39-21/h6,8,13,15-17,20-22,25,33-34,36H,7,9-12H2,1-5H3/b14-8?,18-6+/t15-,16+,17?,20?,21+,22-,25+/m0/s1. The average molecular weight is 558 g/mol. The Balaban J connectivity index is 1.98. The quantitative estimate of drug-likeness (QED) is 0.369. The number of carbonyl (C=O) groups excluding carboxylic acids is 2. The van der Waals surface area contributed by atoms with Crippen molar-refractivity contribution < 1.29 is 47.2 Å². The van der Waals surface area contributed by atoms with E-state index >= 15 is 0 Å². The smallest absolute Gasteiger partial charge is 0.412 e. The van der Waals surface area contributed by atoms with Crippen LogP contribution in [-0.4, -0.2) is 56.5 Å². The summed E-state index contributed by atoms with van der Waals surface area (Å²) in [6.45, 7) is 7.38. The zero-order valence-corrected chi connectivity index (χ0v) is 22.9. The van der Waals surface area contributed by atoms with E-state index in [2.05, 4.69) is 4.98 Å². The van der Waals surface area contributed by atoms with Crippen LogP contribution in [0.5, 0.6) is 0 Å². The van der Waals surface area contributed by atoms with Gasteiger partial charge in [0.25, 0.3) is 0 Å². The second kappa shape index (κ2) is 11.9. The molecule has 0 radical (unpaired) electrons. The number of cyclic esters (lactones) is 1. The van der Waals surface area contributed by atoms with Crippen LogP contribution < -0.4 is 0 Å². The molecule has 1 fully saturated rings. The van der Waals surface area contributed by atoms with Crippen LogP contribution in [0, 0.1) is 29.1 Å². The maximum Gasteiger partial charge on any atom is 0.412 e. The molecule has 2 aliphatic rings. The van der Waals surface area contributed by atoms with E-state index in [4.69, 9.17) is 14.3 Å². The molecule has 1 saturated carbocycles. The molecule has 3 N–H and O–H groups in total. The molecular formula is C28H38F3NO7. The molecule has 3 rings (SSSR count). The zero-order chi connectivity index (χ0) is 29.3. The fourth-order valence-corrected chi connectivity index (χ4v) is 5.35. The average Bonchev–Trinajstić information content (AvgIpc) is 3.49. The van der Waals surface area contributed by atoms with Crippen molar-refractivity contribution in [2.75, 3.05) is 0 Å². The number of aliphatic hydroxyl groups is 3. The first-order valence-electron chi connectivity index (χ1n) is 13.2. The first-order chi connectivity index (χ1) is 18.1. The molecular weight excluding hydrogens is 519 g/mol. The number of oxazole rings is 1. The van der Waals surface area contributed by atoms with Crippen LogP contribution in [0.25, 0.3) is 6.08 Å². The number of nitrogens with zero attached hydrogens (tertiary/aromatic N) is 1. The number of esters is 1. The molecule has 218 valence electrons. The van der Waals surface area contributed by atoms with Gasteiger partial charge in [0.05, 0.1) is 24.0 Å². The summed E-state index contributed by atoms with van der Waals surface area (Å²) in [4.78, 5) is 30.1. The first kappa shape index (κ1) is 31.0. The molecule has 2 heterocycles. The lowest BCUT2D eigenvalue weighted by atomic mass is 9.72. The Morgan fingerprint density at radius 3 is 2.46 bits per heavy atom. The number of hydrogen-bond acceptors (Lipinski definition) is 8. The number of aliphatic hydroxyl groups excluding tert-OH is 3. The Labute approximate surface area is 225 Å². The van der Waals surface area contributed by atoms with Gasteiger partial charge in [0.1, 0.15) is 30.5 Å². The molecule has 1 aliphatic carbocycles.